The van der Waals surface area contributed by atoms with Crippen LogP contribution in [0.2, 0.25) is 10.0 Å². The van der Waals surface area contributed by atoms with Crippen LogP contribution in [0.4, 0.5) is 5.69 Å². The number of rotatable bonds is 2. The fraction of sp³-hybridized carbons (Fsp3) is 0.364. The first-order valence-corrected chi connectivity index (χ1v) is 6.73. The van der Waals surface area contributed by atoms with Gasteiger partial charge in [0.2, 0.25) is 5.91 Å². The Hall–Kier alpha value is -0.290. The number of nitrogens with one attached hydrogen (secondary N) is 1. The Morgan fingerprint density at radius 1 is 1.35 bits per heavy atom. The molecule has 1 amide bonds. The predicted octanol–water partition coefficient (Wildman–Crippen LogP) is 3.58. The molecule has 1 aromatic rings. The highest BCUT2D eigenvalue weighted by atomic mass is 79.9. The molecule has 92 valence electrons. The normalized spacial score (nSPS) is 17.4. The van der Waals surface area contributed by atoms with Gasteiger partial charge >= 0.3 is 0 Å². The molecule has 0 atom stereocenters. The smallest absolute Gasteiger partial charge is 0.244 e. The monoisotopic (exact) mass is 336 g/mol. The van der Waals surface area contributed by atoms with E-state index in [1.807, 2.05) is 0 Å². The van der Waals surface area contributed by atoms with Crippen molar-refractivity contribution in [2.75, 3.05) is 5.32 Å². The van der Waals surface area contributed by atoms with Crippen molar-refractivity contribution < 1.29 is 4.79 Å². The molecule has 3 N–H and O–H groups in total. The molecule has 0 bridgehead atoms. The van der Waals surface area contributed by atoms with Crippen LogP contribution in [-0.2, 0) is 4.79 Å². The molecule has 1 fully saturated rings. The van der Waals surface area contributed by atoms with Crippen molar-refractivity contribution in [2.24, 2.45) is 5.73 Å². The fourth-order valence-electron chi connectivity index (χ4n) is 1.65. The molecular formula is C11H11BrCl2N2O. The van der Waals surface area contributed by atoms with Crippen LogP contribution in [-0.4, -0.2) is 11.4 Å². The van der Waals surface area contributed by atoms with Gasteiger partial charge < -0.3 is 11.1 Å². The van der Waals surface area contributed by atoms with Gasteiger partial charge in [-0.25, -0.2) is 0 Å². The number of nitrogens with two attached hydrogens (primary N) is 1. The minimum absolute atomic E-state index is 0.205. The molecule has 2 rings (SSSR count). The molecular weight excluding hydrogens is 327 g/mol. The van der Waals surface area contributed by atoms with Crippen molar-refractivity contribution in [2.45, 2.75) is 24.8 Å². The molecule has 3 nitrogen and oxygen atoms in total. The van der Waals surface area contributed by atoms with Crippen LogP contribution in [0.25, 0.3) is 0 Å². The average molecular weight is 338 g/mol. The van der Waals surface area contributed by atoms with Crippen molar-refractivity contribution >= 4 is 50.7 Å². The summed E-state index contributed by atoms with van der Waals surface area (Å²) in [6, 6.07) is 3.42. The van der Waals surface area contributed by atoms with E-state index in [1.54, 1.807) is 12.1 Å². The van der Waals surface area contributed by atoms with Crippen LogP contribution in [0.5, 0.6) is 0 Å². The maximum absolute atomic E-state index is 11.9. The molecule has 0 radical (unpaired) electrons. The van der Waals surface area contributed by atoms with Crippen molar-refractivity contribution in [3.63, 3.8) is 0 Å². The Morgan fingerprint density at radius 3 is 2.53 bits per heavy atom. The molecule has 1 saturated carbocycles. The van der Waals surface area contributed by atoms with E-state index in [0.29, 0.717) is 33.0 Å². The highest BCUT2D eigenvalue weighted by molar-refractivity contribution is 9.10. The first kappa shape index (κ1) is 13.1. The standard InChI is InChI=1S/C11H11BrCl2N2O/c12-6-2-3-7(9(14)8(6)13)16-10(17)11(15)4-1-5-11/h2-3H,1,4-5,15H2,(H,16,17). The quantitative estimate of drug-likeness (QED) is 0.810. The summed E-state index contributed by atoms with van der Waals surface area (Å²) in [4.78, 5) is 11.9. The summed E-state index contributed by atoms with van der Waals surface area (Å²) in [6.07, 6.45) is 2.40. The molecule has 0 aromatic heterocycles. The van der Waals surface area contributed by atoms with E-state index in [2.05, 4.69) is 21.2 Å². The first-order chi connectivity index (χ1) is 7.94. The largest absolute Gasteiger partial charge is 0.323 e. The van der Waals surface area contributed by atoms with Crippen molar-refractivity contribution in [1.82, 2.24) is 0 Å². The lowest BCUT2D eigenvalue weighted by Gasteiger charge is -2.36. The number of hydrogen-bond donors (Lipinski definition) is 2. The summed E-state index contributed by atoms with van der Waals surface area (Å²) >= 11 is 15.3. The minimum Gasteiger partial charge on any atom is -0.323 e. The maximum atomic E-state index is 11.9. The van der Waals surface area contributed by atoms with E-state index < -0.39 is 5.54 Å². The van der Waals surface area contributed by atoms with Crippen molar-refractivity contribution in [3.8, 4) is 0 Å². The number of benzene rings is 1. The predicted molar refractivity (Wildman–Crippen MR) is 73.6 cm³/mol. The fourth-order valence-corrected chi connectivity index (χ4v) is 2.48. The second-order valence-electron chi connectivity index (χ2n) is 4.19. The van der Waals surface area contributed by atoms with Gasteiger partial charge in [0.1, 0.15) is 0 Å². The van der Waals surface area contributed by atoms with Gasteiger partial charge in [-0.3, -0.25) is 4.79 Å². The Balaban J connectivity index is 2.19. The summed E-state index contributed by atoms with van der Waals surface area (Å²) < 4.78 is 0.688. The number of hydrogen-bond acceptors (Lipinski definition) is 2. The molecule has 1 aliphatic rings. The van der Waals surface area contributed by atoms with Gasteiger partial charge in [-0.1, -0.05) is 23.2 Å². The zero-order valence-electron chi connectivity index (χ0n) is 8.90. The summed E-state index contributed by atoms with van der Waals surface area (Å²) in [5, 5.41) is 3.42. The second kappa shape index (κ2) is 4.76. The van der Waals surface area contributed by atoms with E-state index in [0.717, 1.165) is 6.42 Å². The lowest BCUT2D eigenvalue weighted by atomic mass is 9.77. The van der Waals surface area contributed by atoms with Crippen LogP contribution in [0.1, 0.15) is 19.3 Å². The number of halogens is 3. The van der Waals surface area contributed by atoms with Crippen LogP contribution in [0.3, 0.4) is 0 Å². The average Bonchev–Trinajstić information content (AvgIpc) is 2.26. The summed E-state index contributed by atoms with van der Waals surface area (Å²) in [5.74, 6) is -0.205. The van der Waals surface area contributed by atoms with Gasteiger partial charge in [0.05, 0.1) is 21.3 Å². The topological polar surface area (TPSA) is 55.1 Å². The Morgan fingerprint density at radius 2 is 2.00 bits per heavy atom. The summed E-state index contributed by atoms with van der Waals surface area (Å²) in [6.45, 7) is 0. The second-order valence-corrected chi connectivity index (χ2v) is 5.80. The Labute approximate surface area is 118 Å². The van der Waals surface area contributed by atoms with E-state index in [1.165, 1.54) is 0 Å². The minimum atomic E-state index is -0.747. The molecule has 0 saturated heterocycles. The lowest BCUT2D eigenvalue weighted by molar-refractivity contribution is -0.123. The molecule has 0 heterocycles. The first-order valence-electron chi connectivity index (χ1n) is 5.18. The van der Waals surface area contributed by atoms with E-state index in [4.69, 9.17) is 28.9 Å². The van der Waals surface area contributed by atoms with Gasteiger partial charge in [0.25, 0.3) is 0 Å². The van der Waals surface area contributed by atoms with Crippen molar-refractivity contribution in [1.29, 1.82) is 0 Å². The number of anilines is 1. The molecule has 1 aliphatic carbocycles. The SMILES string of the molecule is NC1(C(=O)Nc2ccc(Br)c(Cl)c2Cl)CCC1. The van der Waals surface area contributed by atoms with Gasteiger partial charge in [-0.05, 0) is 47.3 Å². The highest BCUT2D eigenvalue weighted by Crippen LogP contribution is 2.37. The van der Waals surface area contributed by atoms with E-state index in [9.17, 15) is 4.79 Å². The van der Waals surface area contributed by atoms with Gasteiger partial charge in [-0.15, -0.1) is 0 Å². The zero-order valence-corrected chi connectivity index (χ0v) is 12.0. The lowest BCUT2D eigenvalue weighted by Crippen LogP contribution is -2.56. The van der Waals surface area contributed by atoms with Crippen LogP contribution < -0.4 is 11.1 Å². The molecule has 0 unspecified atom stereocenters. The van der Waals surface area contributed by atoms with Gasteiger partial charge in [0, 0.05) is 4.47 Å². The summed E-state index contributed by atoms with van der Waals surface area (Å²) in [5.41, 5.74) is 5.66. The Bertz CT molecular complexity index is 475. The number of amides is 1. The molecule has 17 heavy (non-hydrogen) atoms. The number of carbonyl (C=O) groups excluding carboxylic acids is 1. The number of carbonyl (C=O) groups is 1. The molecule has 6 heteroatoms. The van der Waals surface area contributed by atoms with Crippen LogP contribution in [0.15, 0.2) is 16.6 Å². The highest BCUT2D eigenvalue weighted by Gasteiger charge is 2.40. The van der Waals surface area contributed by atoms with E-state index in [-0.39, 0.29) is 5.91 Å². The van der Waals surface area contributed by atoms with Crippen LogP contribution >= 0.6 is 39.1 Å². The van der Waals surface area contributed by atoms with Crippen LogP contribution in [0, 0.1) is 0 Å². The maximum Gasteiger partial charge on any atom is 0.244 e. The molecule has 1 aromatic carbocycles. The third kappa shape index (κ3) is 2.45. The third-order valence-corrected chi connectivity index (χ3v) is 4.75. The third-order valence-electron chi connectivity index (χ3n) is 2.98. The molecule has 0 aliphatic heterocycles. The zero-order chi connectivity index (χ0) is 12.6. The summed E-state index contributed by atoms with van der Waals surface area (Å²) in [7, 11) is 0. The van der Waals surface area contributed by atoms with Gasteiger partial charge in [0.15, 0.2) is 0 Å². The van der Waals surface area contributed by atoms with E-state index >= 15 is 0 Å². The van der Waals surface area contributed by atoms with Crippen molar-refractivity contribution in [3.05, 3.63) is 26.7 Å². The Kier molecular flexibility index (Phi) is 3.69. The van der Waals surface area contributed by atoms with Gasteiger partial charge in [-0.2, -0.15) is 0 Å². The molecule has 0 spiro atoms.